The van der Waals surface area contributed by atoms with Crippen molar-refractivity contribution in [1.29, 1.82) is 0 Å². The highest BCUT2D eigenvalue weighted by Gasteiger charge is 2.55. The van der Waals surface area contributed by atoms with E-state index in [9.17, 15) is 4.79 Å². The summed E-state index contributed by atoms with van der Waals surface area (Å²) in [5.74, 6) is 3.04. The van der Waals surface area contributed by atoms with Gasteiger partial charge < -0.3 is 23.6 Å². The molecule has 0 unspecified atom stereocenters. The molecule has 1 amide bonds. The van der Waals surface area contributed by atoms with Crippen molar-refractivity contribution in [2.75, 3.05) is 20.4 Å². The zero-order chi connectivity index (χ0) is 21.0. The minimum absolute atomic E-state index is 0.138. The summed E-state index contributed by atoms with van der Waals surface area (Å²) in [5, 5.41) is 4.29. The summed E-state index contributed by atoms with van der Waals surface area (Å²) in [4.78, 5) is 15.5. The third kappa shape index (κ3) is 2.95. The Morgan fingerprint density at radius 3 is 2.77 bits per heavy atom. The van der Waals surface area contributed by atoms with Crippen LogP contribution in [0.4, 0.5) is 0 Å². The molecule has 7 nitrogen and oxygen atoms in total. The lowest BCUT2D eigenvalue weighted by Crippen LogP contribution is -2.42. The van der Waals surface area contributed by atoms with Crippen molar-refractivity contribution in [3.63, 3.8) is 0 Å². The minimum Gasteiger partial charge on any atom is -0.497 e. The van der Waals surface area contributed by atoms with Crippen LogP contribution in [0.1, 0.15) is 29.7 Å². The molecule has 3 aromatic rings. The number of nitrogens with zero attached hydrogens (tertiary/aromatic N) is 2. The highest BCUT2D eigenvalue weighted by molar-refractivity contribution is 5.91. The SMILES string of the molecule is COc1ccc2c(c1)CCN(C(=O)C1(c3cc(-c4ccc5c(c4)OCO5)on3)CC1)C2. The van der Waals surface area contributed by atoms with Gasteiger partial charge in [-0.2, -0.15) is 0 Å². The number of rotatable bonds is 4. The molecule has 1 saturated carbocycles. The lowest BCUT2D eigenvalue weighted by molar-refractivity contribution is -0.135. The van der Waals surface area contributed by atoms with E-state index in [0.29, 0.717) is 30.3 Å². The number of amides is 1. The lowest BCUT2D eigenvalue weighted by atomic mass is 9.95. The summed E-state index contributed by atoms with van der Waals surface area (Å²) < 4.78 is 21.8. The van der Waals surface area contributed by atoms with Crippen LogP contribution in [0.3, 0.4) is 0 Å². The maximum absolute atomic E-state index is 13.5. The van der Waals surface area contributed by atoms with Gasteiger partial charge >= 0.3 is 0 Å². The molecule has 1 aliphatic carbocycles. The molecule has 7 heteroatoms. The van der Waals surface area contributed by atoms with E-state index in [1.165, 1.54) is 11.1 Å². The lowest BCUT2D eigenvalue weighted by Gasteiger charge is -2.31. The van der Waals surface area contributed by atoms with Crippen molar-refractivity contribution in [3.05, 3.63) is 59.3 Å². The van der Waals surface area contributed by atoms with Gasteiger partial charge in [0.1, 0.15) is 5.75 Å². The van der Waals surface area contributed by atoms with Crippen LogP contribution in [-0.4, -0.2) is 36.4 Å². The Morgan fingerprint density at radius 2 is 1.94 bits per heavy atom. The van der Waals surface area contributed by atoms with Gasteiger partial charge in [0.25, 0.3) is 0 Å². The van der Waals surface area contributed by atoms with E-state index in [2.05, 4.69) is 17.3 Å². The molecule has 0 spiro atoms. The second kappa shape index (κ2) is 6.77. The van der Waals surface area contributed by atoms with Crippen LogP contribution in [0, 0.1) is 0 Å². The molecule has 1 aromatic heterocycles. The monoisotopic (exact) mass is 418 g/mol. The molecule has 1 fully saturated rings. The van der Waals surface area contributed by atoms with Gasteiger partial charge in [-0.25, -0.2) is 0 Å². The molecule has 31 heavy (non-hydrogen) atoms. The van der Waals surface area contributed by atoms with Gasteiger partial charge in [0.15, 0.2) is 17.3 Å². The topological polar surface area (TPSA) is 74.0 Å². The van der Waals surface area contributed by atoms with Gasteiger partial charge in [0.05, 0.1) is 18.2 Å². The number of fused-ring (bicyclic) bond motifs is 2. The van der Waals surface area contributed by atoms with Crippen LogP contribution in [0.2, 0.25) is 0 Å². The van der Waals surface area contributed by atoms with Crippen molar-refractivity contribution >= 4 is 5.91 Å². The predicted octanol–water partition coefficient (Wildman–Crippen LogP) is 3.70. The van der Waals surface area contributed by atoms with Gasteiger partial charge in [-0.3, -0.25) is 4.79 Å². The first-order valence-electron chi connectivity index (χ1n) is 10.5. The molecule has 158 valence electrons. The highest BCUT2D eigenvalue weighted by Crippen LogP contribution is 2.50. The van der Waals surface area contributed by atoms with Crippen LogP contribution in [0.5, 0.6) is 17.2 Å². The Morgan fingerprint density at radius 1 is 1.06 bits per heavy atom. The molecule has 6 rings (SSSR count). The molecule has 0 bridgehead atoms. The van der Waals surface area contributed by atoms with Crippen molar-refractivity contribution in [1.82, 2.24) is 10.1 Å². The summed E-state index contributed by atoms with van der Waals surface area (Å²) in [6.45, 7) is 1.55. The van der Waals surface area contributed by atoms with E-state index in [0.717, 1.165) is 36.3 Å². The Hall–Kier alpha value is -3.48. The maximum Gasteiger partial charge on any atom is 0.235 e. The number of methoxy groups -OCH3 is 1. The number of hydrogen-bond donors (Lipinski definition) is 0. The Labute approximate surface area is 179 Å². The fourth-order valence-electron chi connectivity index (χ4n) is 4.52. The third-order valence-electron chi connectivity index (χ3n) is 6.53. The van der Waals surface area contributed by atoms with Crippen LogP contribution >= 0.6 is 0 Å². The van der Waals surface area contributed by atoms with Crippen LogP contribution in [-0.2, 0) is 23.2 Å². The highest BCUT2D eigenvalue weighted by atomic mass is 16.7. The van der Waals surface area contributed by atoms with E-state index in [4.69, 9.17) is 18.7 Å². The van der Waals surface area contributed by atoms with Crippen LogP contribution in [0.25, 0.3) is 11.3 Å². The van der Waals surface area contributed by atoms with E-state index in [-0.39, 0.29) is 12.7 Å². The number of hydrogen-bond acceptors (Lipinski definition) is 6. The van der Waals surface area contributed by atoms with Crippen molar-refractivity contribution in [3.8, 4) is 28.6 Å². The molecular formula is C24H22N2O5. The molecule has 0 atom stereocenters. The predicted molar refractivity (Wildman–Crippen MR) is 111 cm³/mol. The van der Waals surface area contributed by atoms with Gasteiger partial charge in [-0.15, -0.1) is 0 Å². The smallest absolute Gasteiger partial charge is 0.235 e. The van der Waals surface area contributed by atoms with E-state index in [1.807, 2.05) is 35.2 Å². The molecule has 0 radical (unpaired) electrons. The second-order valence-corrected chi connectivity index (χ2v) is 8.34. The normalized spacial score (nSPS) is 17.9. The minimum atomic E-state index is -0.567. The fourth-order valence-corrected chi connectivity index (χ4v) is 4.52. The number of carbonyl (C=O) groups excluding carboxylic acids is 1. The Bertz CT molecular complexity index is 1180. The summed E-state index contributed by atoms with van der Waals surface area (Å²) in [5.41, 5.74) is 3.43. The average Bonchev–Trinajstić information content (AvgIpc) is 3.23. The van der Waals surface area contributed by atoms with Crippen molar-refractivity contribution in [2.24, 2.45) is 0 Å². The van der Waals surface area contributed by atoms with E-state index in [1.54, 1.807) is 7.11 Å². The molecular weight excluding hydrogens is 396 g/mol. The molecule has 0 N–H and O–H groups in total. The summed E-state index contributed by atoms with van der Waals surface area (Å²) in [7, 11) is 1.67. The summed E-state index contributed by atoms with van der Waals surface area (Å²) in [6, 6.07) is 13.6. The van der Waals surface area contributed by atoms with Gasteiger partial charge in [0.2, 0.25) is 12.7 Å². The van der Waals surface area contributed by atoms with Crippen molar-refractivity contribution < 1.29 is 23.5 Å². The summed E-state index contributed by atoms with van der Waals surface area (Å²) in [6.07, 6.45) is 2.42. The zero-order valence-electron chi connectivity index (χ0n) is 17.2. The zero-order valence-corrected chi connectivity index (χ0v) is 17.2. The number of carbonyl (C=O) groups is 1. The quantitative estimate of drug-likeness (QED) is 0.643. The Kier molecular flexibility index (Phi) is 4.00. The van der Waals surface area contributed by atoms with E-state index >= 15 is 0 Å². The van der Waals surface area contributed by atoms with Gasteiger partial charge in [0, 0.05) is 24.7 Å². The number of aromatic nitrogens is 1. The molecule has 3 aliphatic rings. The van der Waals surface area contributed by atoms with Crippen LogP contribution < -0.4 is 14.2 Å². The first-order chi connectivity index (χ1) is 15.2. The molecule has 3 heterocycles. The van der Waals surface area contributed by atoms with Gasteiger partial charge in [-0.1, -0.05) is 11.2 Å². The number of benzene rings is 2. The summed E-state index contributed by atoms with van der Waals surface area (Å²) >= 11 is 0. The first-order valence-corrected chi connectivity index (χ1v) is 10.5. The van der Waals surface area contributed by atoms with E-state index < -0.39 is 5.41 Å². The molecule has 2 aromatic carbocycles. The first kappa shape index (κ1) is 18.3. The average molecular weight is 418 g/mol. The van der Waals surface area contributed by atoms with Crippen molar-refractivity contribution in [2.45, 2.75) is 31.2 Å². The maximum atomic E-state index is 13.5. The largest absolute Gasteiger partial charge is 0.497 e. The standard InChI is InChI=1S/C24H22N2O5/c1-28-18-4-2-17-13-26(9-6-15(17)10-18)23(27)24(7-8-24)22-12-20(31-25-22)16-3-5-19-21(11-16)30-14-29-19/h2-5,10-12H,6-9,13-14H2,1H3. The number of ether oxygens (including phenoxy) is 3. The Balaban J connectivity index is 1.23. The van der Waals surface area contributed by atoms with Gasteiger partial charge in [-0.05, 0) is 60.7 Å². The molecule has 2 aliphatic heterocycles. The fraction of sp³-hybridized carbons (Fsp3) is 0.333. The molecule has 0 saturated heterocycles. The second-order valence-electron chi connectivity index (χ2n) is 8.34. The third-order valence-corrected chi connectivity index (χ3v) is 6.53. The van der Waals surface area contributed by atoms with Crippen LogP contribution in [0.15, 0.2) is 47.0 Å².